The Morgan fingerprint density at radius 2 is 1.81 bits per heavy atom. The van der Waals surface area contributed by atoms with Gasteiger partial charge in [0.1, 0.15) is 0 Å². The Hall–Kier alpha value is -0.120. The summed E-state index contributed by atoms with van der Waals surface area (Å²) >= 11 is 0. The fourth-order valence-corrected chi connectivity index (χ4v) is 1.47. The normalized spacial score (nSPS) is 19.1. The summed E-state index contributed by atoms with van der Waals surface area (Å²) in [5.74, 6) is 1.07. The second-order valence-electron chi connectivity index (χ2n) is 4.96. The van der Waals surface area contributed by atoms with E-state index in [1.165, 1.54) is 0 Å². The van der Waals surface area contributed by atoms with Crippen molar-refractivity contribution in [1.29, 1.82) is 0 Å². The Morgan fingerprint density at radius 1 is 1.19 bits per heavy atom. The van der Waals surface area contributed by atoms with Gasteiger partial charge in [-0.2, -0.15) is 0 Å². The van der Waals surface area contributed by atoms with E-state index in [0.29, 0.717) is 18.4 Å². The van der Waals surface area contributed by atoms with Gasteiger partial charge in [-0.3, -0.25) is 0 Å². The molecule has 0 spiro atoms. The third-order valence-corrected chi connectivity index (χ3v) is 3.56. The van der Waals surface area contributed by atoms with Crippen LogP contribution in [-0.4, -0.2) is 25.5 Å². The van der Waals surface area contributed by atoms with Crippen molar-refractivity contribution in [3.8, 4) is 0 Å². The largest absolute Gasteiger partial charge is 0.372 e. The summed E-state index contributed by atoms with van der Waals surface area (Å²) in [6.45, 7) is 12.5. The molecule has 0 aromatic rings. The molecular formula is C13H29NO2. The maximum Gasteiger partial charge on any atom is 0.0941 e. The highest BCUT2D eigenvalue weighted by molar-refractivity contribution is 4.81. The van der Waals surface area contributed by atoms with Gasteiger partial charge in [0.25, 0.3) is 0 Å². The molecule has 16 heavy (non-hydrogen) atoms. The minimum atomic E-state index is -0.211. The fourth-order valence-electron chi connectivity index (χ4n) is 1.47. The molecule has 0 fully saturated rings. The highest BCUT2D eigenvalue weighted by Gasteiger charge is 2.31. The van der Waals surface area contributed by atoms with Crippen LogP contribution in [0.2, 0.25) is 0 Å². The van der Waals surface area contributed by atoms with Gasteiger partial charge < -0.3 is 15.2 Å². The van der Waals surface area contributed by atoms with E-state index in [0.717, 1.165) is 19.4 Å². The Kier molecular flexibility index (Phi) is 7.98. The maximum atomic E-state index is 6.06. The number of ether oxygens (including phenoxy) is 2. The molecule has 98 valence electrons. The molecule has 0 rings (SSSR count). The summed E-state index contributed by atoms with van der Waals surface area (Å²) in [7, 11) is 0. The maximum absolute atomic E-state index is 6.06. The zero-order valence-electron chi connectivity index (χ0n) is 11.6. The van der Waals surface area contributed by atoms with E-state index in [2.05, 4.69) is 34.6 Å². The second kappa shape index (κ2) is 8.04. The smallest absolute Gasteiger partial charge is 0.0941 e. The first kappa shape index (κ1) is 15.9. The number of hydrogen-bond acceptors (Lipinski definition) is 3. The summed E-state index contributed by atoms with van der Waals surface area (Å²) in [5.41, 5.74) is 5.17. The average Bonchev–Trinajstić information content (AvgIpc) is 2.32. The van der Waals surface area contributed by atoms with E-state index in [9.17, 15) is 0 Å². The summed E-state index contributed by atoms with van der Waals surface area (Å²) < 4.78 is 11.4. The number of rotatable bonds is 9. The third-order valence-electron chi connectivity index (χ3n) is 3.56. The quantitative estimate of drug-likeness (QED) is 0.621. The molecule has 3 atom stereocenters. The molecule has 0 saturated heterocycles. The molecule has 0 aliphatic heterocycles. The van der Waals surface area contributed by atoms with Crippen molar-refractivity contribution >= 4 is 0 Å². The fraction of sp³-hybridized carbons (Fsp3) is 1.00. The third kappa shape index (κ3) is 5.28. The monoisotopic (exact) mass is 231 g/mol. The summed E-state index contributed by atoms with van der Waals surface area (Å²) in [5, 5.41) is 0. The van der Waals surface area contributed by atoms with Gasteiger partial charge in [0.05, 0.1) is 18.9 Å². The van der Waals surface area contributed by atoms with Crippen molar-refractivity contribution in [2.45, 2.75) is 53.1 Å². The molecule has 0 radical (unpaired) electrons. The lowest BCUT2D eigenvalue weighted by Gasteiger charge is -2.36. The van der Waals surface area contributed by atoms with Gasteiger partial charge in [-0.1, -0.05) is 40.5 Å². The standard InChI is InChI=1S/C13H29NO2/c1-6-11(3)8-16-13(5,9-15-10-14)12(4)7-2/h11-12H,6-10,14H2,1-5H3. The molecule has 0 saturated carbocycles. The van der Waals surface area contributed by atoms with Crippen LogP contribution >= 0.6 is 0 Å². The van der Waals surface area contributed by atoms with E-state index >= 15 is 0 Å². The summed E-state index contributed by atoms with van der Waals surface area (Å²) in [4.78, 5) is 0. The van der Waals surface area contributed by atoms with Gasteiger partial charge in [0.2, 0.25) is 0 Å². The van der Waals surface area contributed by atoms with Crippen LogP contribution in [0, 0.1) is 11.8 Å². The molecule has 3 heteroatoms. The van der Waals surface area contributed by atoms with E-state index in [4.69, 9.17) is 15.2 Å². The molecule has 3 unspecified atom stereocenters. The number of nitrogens with two attached hydrogens (primary N) is 1. The Balaban J connectivity index is 4.28. The minimum absolute atomic E-state index is 0.211. The zero-order chi connectivity index (χ0) is 12.6. The molecule has 0 bridgehead atoms. The lowest BCUT2D eigenvalue weighted by atomic mass is 9.89. The van der Waals surface area contributed by atoms with Crippen LogP contribution < -0.4 is 5.73 Å². The van der Waals surface area contributed by atoms with Crippen molar-refractivity contribution < 1.29 is 9.47 Å². The van der Waals surface area contributed by atoms with E-state index in [1.54, 1.807) is 0 Å². The first-order valence-corrected chi connectivity index (χ1v) is 6.41. The molecule has 0 heterocycles. The van der Waals surface area contributed by atoms with Crippen LogP contribution in [0.3, 0.4) is 0 Å². The molecule has 0 aromatic carbocycles. The topological polar surface area (TPSA) is 44.5 Å². The number of hydrogen-bond donors (Lipinski definition) is 1. The van der Waals surface area contributed by atoms with Crippen LogP contribution in [0.5, 0.6) is 0 Å². The van der Waals surface area contributed by atoms with Crippen molar-refractivity contribution in [2.75, 3.05) is 19.9 Å². The van der Waals surface area contributed by atoms with Crippen LogP contribution in [-0.2, 0) is 9.47 Å². The highest BCUT2D eigenvalue weighted by atomic mass is 16.5. The first-order valence-electron chi connectivity index (χ1n) is 6.41. The Morgan fingerprint density at radius 3 is 2.25 bits per heavy atom. The molecule has 3 nitrogen and oxygen atoms in total. The molecular weight excluding hydrogens is 202 g/mol. The Labute approximate surface area is 101 Å². The zero-order valence-corrected chi connectivity index (χ0v) is 11.6. The van der Waals surface area contributed by atoms with Gasteiger partial charge in [-0.05, 0) is 18.8 Å². The van der Waals surface area contributed by atoms with Gasteiger partial charge in [0.15, 0.2) is 0 Å². The van der Waals surface area contributed by atoms with Crippen molar-refractivity contribution in [1.82, 2.24) is 0 Å². The highest BCUT2D eigenvalue weighted by Crippen LogP contribution is 2.26. The van der Waals surface area contributed by atoms with Gasteiger partial charge in [-0.25, -0.2) is 0 Å². The lowest BCUT2D eigenvalue weighted by Crippen LogP contribution is -2.42. The van der Waals surface area contributed by atoms with Gasteiger partial charge >= 0.3 is 0 Å². The average molecular weight is 231 g/mol. The second-order valence-corrected chi connectivity index (χ2v) is 4.96. The van der Waals surface area contributed by atoms with Crippen molar-refractivity contribution in [3.05, 3.63) is 0 Å². The van der Waals surface area contributed by atoms with Gasteiger partial charge in [0, 0.05) is 6.61 Å². The molecule has 0 aliphatic carbocycles. The molecule has 2 N–H and O–H groups in total. The van der Waals surface area contributed by atoms with Gasteiger partial charge in [-0.15, -0.1) is 0 Å². The van der Waals surface area contributed by atoms with Crippen molar-refractivity contribution in [3.63, 3.8) is 0 Å². The predicted molar refractivity (Wildman–Crippen MR) is 68.3 cm³/mol. The molecule has 0 aromatic heterocycles. The lowest BCUT2D eigenvalue weighted by molar-refractivity contribution is -0.125. The van der Waals surface area contributed by atoms with E-state index in [-0.39, 0.29) is 12.3 Å². The Bertz CT molecular complexity index is 175. The molecule has 0 aliphatic rings. The van der Waals surface area contributed by atoms with E-state index in [1.807, 2.05) is 0 Å². The van der Waals surface area contributed by atoms with Crippen LogP contribution in [0.1, 0.15) is 47.5 Å². The minimum Gasteiger partial charge on any atom is -0.372 e. The van der Waals surface area contributed by atoms with Crippen LogP contribution in [0.25, 0.3) is 0 Å². The van der Waals surface area contributed by atoms with Crippen LogP contribution in [0.15, 0.2) is 0 Å². The first-order chi connectivity index (χ1) is 7.50. The summed E-state index contributed by atoms with van der Waals surface area (Å²) in [6, 6.07) is 0. The van der Waals surface area contributed by atoms with E-state index < -0.39 is 0 Å². The molecule has 0 amide bonds. The SMILES string of the molecule is CCC(C)COC(C)(COCN)C(C)CC. The predicted octanol–water partition coefficient (Wildman–Crippen LogP) is 2.79. The van der Waals surface area contributed by atoms with Crippen LogP contribution in [0.4, 0.5) is 0 Å². The summed E-state index contributed by atoms with van der Waals surface area (Å²) in [6.07, 6.45) is 2.24. The van der Waals surface area contributed by atoms with Crippen molar-refractivity contribution in [2.24, 2.45) is 17.6 Å².